The molecule has 0 saturated carbocycles. The highest BCUT2D eigenvalue weighted by Gasteiger charge is 2.31. The summed E-state index contributed by atoms with van der Waals surface area (Å²) in [7, 11) is -0.360. The Labute approximate surface area is 384 Å². The number of methoxy groups -OCH3 is 4. The van der Waals surface area contributed by atoms with Crippen molar-refractivity contribution in [1.29, 1.82) is 0 Å². The molecule has 340 valence electrons. The second kappa shape index (κ2) is 20.7. The van der Waals surface area contributed by atoms with Crippen molar-refractivity contribution in [3.63, 3.8) is 0 Å². The van der Waals surface area contributed by atoms with E-state index in [-0.39, 0.29) is 0 Å². The van der Waals surface area contributed by atoms with Gasteiger partial charge in [-0.2, -0.15) is 8.61 Å². The van der Waals surface area contributed by atoms with Crippen LogP contribution in [0.4, 0.5) is 10.3 Å². The molecular weight excluding hydrogens is 893 g/mol. The maximum Gasteiger partial charge on any atom is 0.243 e. The Bertz CT molecular complexity index is 2710. The van der Waals surface area contributed by atoms with Gasteiger partial charge in [-0.1, -0.05) is 41.5 Å². The monoisotopic (exact) mass is 946 g/mol. The maximum atomic E-state index is 12.9. The number of hydrogen-bond donors (Lipinski definition) is 0. The first kappa shape index (κ1) is 46.7. The van der Waals surface area contributed by atoms with Gasteiger partial charge in [-0.3, -0.25) is 0 Å². The smallest absolute Gasteiger partial charge is 0.243 e. The third kappa shape index (κ3) is 11.0. The fraction of sp³-hybridized carbons (Fsp3) is 0.348. The highest BCUT2D eigenvalue weighted by molar-refractivity contribution is 7.89. The van der Waals surface area contributed by atoms with E-state index in [2.05, 4.69) is 15.2 Å². The summed E-state index contributed by atoms with van der Waals surface area (Å²) in [6.07, 6.45) is 1.30. The van der Waals surface area contributed by atoms with Crippen molar-refractivity contribution in [3.05, 3.63) is 129 Å². The summed E-state index contributed by atoms with van der Waals surface area (Å²) in [4.78, 5) is 14.6. The molecule has 0 unspecified atom stereocenters. The lowest BCUT2D eigenvalue weighted by molar-refractivity contribution is 0.384. The lowest BCUT2D eigenvalue weighted by Crippen LogP contribution is -2.48. The Morgan fingerprint density at radius 1 is 0.500 bits per heavy atom. The number of nitrogens with zero attached hydrogens (tertiary/aromatic N) is 6. The van der Waals surface area contributed by atoms with E-state index in [9.17, 15) is 16.8 Å². The SMILES string of the molecule is COc1ccc(Cc2csc(N3CCN(S(=O)(=O)c4ccc(C)cc4)CC3)n2)c(OC)c1.COc1ccc(OC)c(Cc2csc(N3CCN(S(=O)(=O)c4ccc(C)cc4)CC3)n2)c1. The third-order valence-electron chi connectivity index (χ3n) is 11.1. The van der Waals surface area contributed by atoms with E-state index in [1.807, 2.05) is 79.9 Å². The zero-order valence-corrected chi connectivity index (χ0v) is 40.2. The molecule has 2 fully saturated rings. The van der Waals surface area contributed by atoms with Gasteiger partial charge < -0.3 is 28.7 Å². The normalized spacial score (nSPS) is 15.0. The molecule has 0 amide bonds. The number of thiazole rings is 2. The number of aromatic nitrogens is 2. The summed E-state index contributed by atoms with van der Waals surface area (Å²) in [6.45, 7) is 8.11. The van der Waals surface area contributed by atoms with E-state index < -0.39 is 20.0 Å². The molecule has 4 aromatic carbocycles. The van der Waals surface area contributed by atoms with Crippen molar-refractivity contribution in [2.75, 3.05) is 90.6 Å². The van der Waals surface area contributed by atoms with Crippen molar-refractivity contribution in [1.82, 2.24) is 18.6 Å². The Balaban J connectivity index is 0.000000191. The van der Waals surface area contributed by atoms with Crippen LogP contribution in [0.1, 0.15) is 33.6 Å². The van der Waals surface area contributed by atoms with Gasteiger partial charge in [0.2, 0.25) is 20.0 Å². The highest BCUT2D eigenvalue weighted by atomic mass is 32.2. The van der Waals surface area contributed by atoms with Gasteiger partial charge in [-0.15, -0.1) is 22.7 Å². The molecule has 0 aliphatic carbocycles. The summed E-state index contributed by atoms with van der Waals surface area (Å²) >= 11 is 3.16. The Morgan fingerprint density at radius 3 is 1.36 bits per heavy atom. The Morgan fingerprint density at radius 2 is 0.922 bits per heavy atom. The minimum Gasteiger partial charge on any atom is -0.497 e. The van der Waals surface area contributed by atoms with Crippen LogP contribution in [0.3, 0.4) is 0 Å². The van der Waals surface area contributed by atoms with Crippen LogP contribution >= 0.6 is 22.7 Å². The second-order valence-corrected chi connectivity index (χ2v) is 20.9. The zero-order valence-electron chi connectivity index (χ0n) is 36.9. The van der Waals surface area contributed by atoms with E-state index in [1.165, 1.54) is 0 Å². The highest BCUT2D eigenvalue weighted by Crippen LogP contribution is 2.32. The quantitative estimate of drug-likeness (QED) is 0.110. The zero-order chi connectivity index (χ0) is 45.4. The van der Waals surface area contributed by atoms with E-state index in [4.69, 9.17) is 28.9 Å². The molecule has 0 spiro atoms. The molecule has 2 saturated heterocycles. The van der Waals surface area contributed by atoms with E-state index in [1.54, 1.807) is 84.0 Å². The summed E-state index contributed by atoms with van der Waals surface area (Å²) in [5.74, 6) is 3.11. The average Bonchev–Trinajstić information content (AvgIpc) is 4.00. The minimum absolute atomic E-state index is 0.348. The fourth-order valence-electron chi connectivity index (χ4n) is 7.41. The van der Waals surface area contributed by atoms with Gasteiger partial charge in [0.05, 0.1) is 49.6 Å². The van der Waals surface area contributed by atoms with Crippen LogP contribution in [0.2, 0.25) is 0 Å². The second-order valence-electron chi connectivity index (χ2n) is 15.4. The van der Waals surface area contributed by atoms with Crippen LogP contribution in [-0.4, -0.2) is 116 Å². The number of piperazine rings is 2. The minimum atomic E-state index is -3.47. The first-order chi connectivity index (χ1) is 30.8. The van der Waals surface area contributed by atoms with Crippen LogP contribution in [0.15, 0.2) is 105 Å². The molecule has 0 radical (unpaired) electrons. The van der Waals surface area contributed by atoms with Gasteiger partial charge >= 0.3 is 0 Å². The standard InChI is InChI=1S/2C23H27N3O4S2/c1-17-4-8-21(9-5-17)32(27,28)26-12-10-25(11-13-26)23-24-19(16-31-23)14-18-6-7-20(29-2)15-22(18)30-3;1-17-4-7-21(8-5-17)32(27,28)26-12-10-25(11-13-26)23-24-19(16-31-23)14-18-15-20(29-2)6-9-22(18)30-3/h2*4-9,15-16H,10-14H2,1-3H3. The predicted molar refractivity (Wildman–Crippen MR) is 253 cm³/mol. The Kier molecular flexibility index (Phi) is 15.1. The molecule has 4 heterocycles. The van der Waals surface area contributed by atoms with E-state index in [0.717, 1.165) is 66.9 Å². The summed E-state index contributed by atoms with van der Waals surface area (Å²) < 4.78 is 76.4. The lowest BCUT2D eigenvalue weighted by Gasteiger charge is -2.33. The molecule has 0 atom stereocenters. The molecule has 2 aliphatic heterocycles. The number of rotatable bonds is 14. The van der Waals surface area contributed by atoms with Crippen LogP contribution < -0.4 is 28.7 Å². The summed E-state index contributed by atoms with van der Waals surface area (Å²) in [6, 6.07) is 25.6. The van der Waals surface area contributed by atoms with Crippen LogP contribution in [0, 0.1) is 13.8 Å². The third-order valence-corrected chi connectivity index (χ3v) is 16.9. The van der Waals surface area contributed by atoms with Gasteiger partial charge in [0, 0.05) is 93.2 Å². The summed E-state index contributed by atoms with van der Waals surface area (Å²) in [5, 5.41) is 5.92. The van der Waals surface area contributed by atoms with Crippen LogP contribution in [0.25, 0.3) is 0 Å². The number of sulfonamides is 2. The van der Waals surface area contributed by atoms with Crippen molar-refractivity contribution in [3.8, 4) is 23.0 Å². The van der Waals surface area contributed by atoms with Crippen molar-refractivity contribution >= 4 is 53.0 Å². The Hall–Kier alpha value is -5.24. The van der Waals surface area contributed by atoms with Gasteiger partial charge in [0.25, 0.3) is 0 Å². The molecule has 0 N–H and O–H groups in total. The molecule has 2 aliphatic rings. The molecule has 8 rings (SSSR count). The number of hydrogen-bond acceptors (Lipinski definition) is 14. The molecule has 0 bridgehead atoms. The number of ether oxygens (including phenoxy) is 4. The van der Waals surface area contributed by atoms with E-state index in [0.29, 0.717) is 75.0 Å². The largest absolute Gasteiger partial charge is 0.497 e. The van der Waals surface area contributed by atoms with Gasteiger partial charge in [-0.05, 0) is 62.4 Å². The van der Waals surface area contributed by atoms with Crippen LogP contribution in [-0.2, 0) is 32.9 Å². The molecule has 14 nitrogen and oxygen atoms in total. The van der Waals surface area contributed by atoms with Crippen LogP contribution in [0.5, 0.6) is 23.0 Å². The fourth-order valence-corrected chi connectivity index (χ4v) is 12.0. The van der Waals surface area contributed by atoms with Crippen molar-refractivity contribution < 1.29 is 35.8 Å². The van der Waals surface area contributed by atoms with Gasteiger partial charge in [0.1, 0.15) is 23.0 Å². The molecule has 6 aromatic rings. The van der Waals surface area contributed by atoms with E-state index >= 15 is 0 Å². The summed E-state index contributed by atoms with van der Waals surface area (Å²) in [5.41, 5.74) is 6.05. The predicted octanol–water partition coefficient (Wildman–Crippen LogP) is 7.14. The number of benzene rings is 4. The first-order valence-electron chi connectivity index (χ1n) is 20.8. The molecule has 2 aromatic heterocycles. The topological polar surface area (TPSA) is 144 Å². The number of aryl methyl sites for hydroxylation is 2. The van der Waals surface area contributed by atoms with Gasteiger partial charge in [-0.25, -0.2) is 26.8 Å². The first-order valence-corrected chi connectivity index (χ1v) is 25.4. The molecule has 18 heteroatoms. The maximum absolute atomic E-state index is 12.9. The van der Waals surface area contributed by atoms with Gasteiger partial charge in [0.15, 0.2) is 10.3 Å². The lowest BCUT2D eigenvalue weighted by atomic mass is 10.1. The van der Waals surface area contributed by atoms with Crippen molar-refractivity contribution in [2.45, 2.75) is 36.5 Å². The molecule has 64 heavy (non-hydrogen) atoms. The average molecular weight is 947 g/mol. The molecular formula is C46H54N6O8S4. The number of anilines is 2. The van der Waals surface area contributed by atoms with Crippen molar-refractivity contribution in [2.24, 2.45) is 0 Å².